The van der Waals surface area contributed by atoms with Gasteiger partial charge in [-0.05, 0) is 40.6 Å². The topological polar surface area (TPSA) is 90.5 Å². The molecule has 0 bridgehead atoms. The van der Waals surface area contributed by atoms with Gasteiger partial charge in [0.2, 0.25) is 0 Å². The first-order chi connectivity index (χ1) is 10.1. The Balaban J connectivity index is 2.10. The molecule has 0 fully saturated rings. The lowest BCUT2D eigenvalue weighted by Crippen LogP contribution is -2.06. The Labute approximate surface area is 125 Å². The number of carbonyl (C=O) groups is 1. The summed E-state index contributed by atoms with van der Waals surface area (Å²) < 4.78 is 5.03. The van der Waals surface area contributed by atoms with Crippen LogP contribution in [-0.4, -0.2) is 16.2 Å². The summed E-state index contributed by atoms with van der Waals surface area (Å²) in [5.74, 6) is -1.34. The highest BCUT2D eigenvalue weighted by molar-refractivity contribution is 7.07. The van der Waals surface area contributed by atoms with Crippen LogP contribution in [0.3, 0.4) is 0 Å². The zero-order valence-corrected chi connectivity index (χ0v) is 11.6. The summed E-state index contributed by atoms with van der Waals surface area (Å²) in [6.07, 6.45) is 1.29. The average molecular weight is 301 g/mol. The van der Waals surface area contributed by atoms with Crippen molar-refractivity contribution in [2.75, 3.05) is 0 Å². The molecule has 2 rings (SSSR count). The number of benzene rings is 1. The summed E-state index contributed by atoms with van der Waals surface area (Å²) in [6.45, 7) is 0.0994. The smallest absolute Gasteiger partial charge is 0.349 e. The molecule has 0 saturated heterocycles. The quantitative estimate of drug-likeness (QED) is 0.392. The molecule has 0 saturated carbocycles. The molecule has 21 heavy (non-hydrogen) atoms. The van der Waals surface area contributed by atoms with E-state index in [4.69, 9.17) is 10.00 Å². The highest BCUT2D eigenvalue weighted by atomic mass is 32.1. The van der Waals surface area contributed by atoms with Gasteiger partial charge in [0.15, 0.2) is 11.5 Å². The molecule has 1 heterocycles. The zero-order chi connectivity index (χ0) is 15.2. The number of ether oxygens (including phenoxy) is 1. The molecule has 0 aliphatic rings. The van der Waals surface area contributed by atoms with Crippen LogP contribution >= 0.6 is 11.3 Å². The maximum atomic E-state index is 11.8. The maximum absolute atomic E-state index is 11.8. The molecule has 0 atom stereocenters. The zero-order valence-electron chi connectivity index (χ0n) is 10.8. The van der Waals surface area contributed by atoms with E-state index in [1.807, 2.05) is 16.8 Å². The van der Waals surface area contributed by atoms with E-state index in [1.165, 1.54) is 35.6 Å². The van der Waals surface area contributed by atoms with E-state index in [2.05, 4.69) is 0 Å². The van der Waals surface area contributed by atoms with Crippen LogP contribution in [0.2, 0.25) is 0 Å². The lowest BCUT2D eigenvalue weighted by molar-refractivity contribution is -0.139. The number of rotatable bonds is 4. The molecule has 0 aliphatic heterocycles. The van der Waals surface area contributed by atoms with Crippen molar-refractivity contribution < 1.29 is 19.7 Å². The predicted molar refractivity (Wildman–Crippen MR) is 77.5 cm³/mol. The van der Waals surface area contributed by atoms with Crippen LogP contribution in [0.15, 0.2) is 40.6 Å². The molecule has 2 aromatic rings. The van der Waals surface area contributed by atoms with Gasteiger partial charge in [0, 0.05) is 5.56 Å². The molecule has 106 valence electrons. The fourth-order valence-corrected chi connectivity index (χ4v) is 2.19. The monoisotopic (exact) mass is 301 g/mol. The maximum Gasteiger partial charge on any atom is 0.349 e. The molecule has 2 N–H and O–H groups in total. The first kappa shape index (κ1) is 14.6. The first-order valence-corrected chi connectivity index (χ1v) is 6.86. The highest BCUT2D eigenvalue weighted by Gasteiger charge is 2.11. The Kier molecular flexibility index (Phi) is 4.59. The van der Waals surface area contributed by atoms with Gasteiger partial charge in [-0.2, -0.15) is 16.6 Å². The second-order valence-electron chi connectivity index (χ2n) is 4.13. The van der Waals surface area contributed by atoms with Crippen LogP contribution in [-0.2, 0) is 16.1 Å². The van der Waals surface area contributed by atoms with Crippen LogP contribution in [0, 0.1) is 11.3 Å². The normalized spacial score (nSPS) is 10.9. The Morgan fingerprint density at radius 3 is 2.76 bits per heavy atom. The fourth-order valence-electron chi connectivity index (χ4n) is 1.54. The second-order valence-corrected chi connectivity index (χ2v) is 4.91. The van der Waals surface area contributed by atoms with E-state index in [0.717, 1.165) is 5.56 Å². The van der Waals surface area contributed by atoms with Gasteiger partial charge in [-0.15, -0.1) is 0 Å². The van der Waals surface area contributed by atoms with Crippen molar-refractivity contribution in [3.8, 4) is 17.6 Å². The van der Waals surface area contributed by atoms with Crippen LogP contribution in [0.5, 0.6) is 11.5 Å². The minimum atomic E-state index is -0.740. The molecule has 0 unspecified atom stereocenters. The number of nitriles is 1. The molecule has 0 radical (unpaired) electrons. The third kappa shape index (κ3) is 3.84. The van der Waals surface area contributed by atoms with E-state index in [-0.39, 0.29) is 23.7 Å². The van der Waals surface area contributed by atoms with Crippen molar-refractivity contribution in [1.82, 2.24) is 0 Å². The van der Waals surface area contributed by atoms with Gasteiger partial charge in [0.1, 0.15) is 18.2 Å². The van der Waals surface area contributed by atoms with Crippen molar-refractivity contribution in [2.24, 2.45) is 0 Å². The van der Waals surface area contributed by atoms with Gasteiger partial charge in [-0.1, -0.05) is 6.07 Å². The molecule has 1 aromatic carbocycles. The molecule has 1 aromatic heterocycles. The van der Waals surface area contributed by atoms with E-state index in [9.17, 15) is 15.0 Å². The number of carbonyl (C=O) groups excluding carboxylic acids is 1. The molecule has 6 heteroatoms. The van der Waals surface area contributed by atoms with Gasteiger partial charge in [0.05, 0.1) is 0 Å². The van der Waals surface area contributed by atoms with Crippen LogP contribution in [0.25, 0.3) is 6.08 Å². The second kappa shape index (κ2) is 6.59. The van der Waals surface area contributed by atoms with Gasteiger partial charge in [0.25, 0.3) is 0 Å². The van der Waals surface area contributed by atoms with Crippen LogP contribution in [0.1, 0.15) is 11.1 Å². The number of phenolic OH excluding ortho intramolecular Hbond substituents is 2. The Morgan fingerprint density at radius 1 is 1.33 bits per heavy atom. The summed E-state index contributed by atoms with van der Waals surface area (Å²) in [7, 11) is 0. The van der Waals surface area contributed by atoms with E-state index < -0.39 is 5.97 Å². The predicted octanol–water partition coefficient (Wildman–Crippen LogP) is 2.81. The summed E-state index contributed by atoms with van der Waals surface area (Å²) >= 11 is 1.49. The van der Waals surface area contributed by atoms with Crippen molar-refractivity contribution in [1.29, 1.82) is 5.26 Å². The summed E-state index contributed by atoms with van der Waals surface area (Å²) in [6, 6.07) is 7.57. The van der Waals surface area contributed by atoms with Gasteiger partial charge in [-0.25, -0.2) is 4.79 Å². The van der Waals surface area contributed by atoms with Crippen LogP contribution in [0.4, 0.5) is 0 Å². The Hall–Kier alpha value is -2.78. The van der Waals surface area contributed by atoms with E-state index in [0.29, 0.717) is 5.56 Å². The molecule has 0 amide bonds. The number of nitrogens with zero attached hydrogens (tertiary/aromatic N) is 1. The number of hydrogen-bond acceptors (Lipinski definition) is 6. The SMILES string of the molecule is N#C/C(=C\c1ccc(O)c(O)c1)C(=O)OCc1ccsc1. The number of aromatic hydroxyl groups is 2. The number of esters is 1. The Bertz CT molecular complexity index is 714. The number of phenols is 2. The molecule has 0 spiro atoms. The van der Waals surface area contributed by atoms with Crippen molar-refractivity contribution in [3.63, 3.8) is 0 Å². The van der Waals surface area contributed by atoms with Gasteiger partial charge < -0.3 is 14.9 Å². The summed E-state index contributed by atoms with van der Waals surface area (Å²) in [5.41, 5.74) is 1.08. The minimum absolute atomic E-state index is 0.0994. The lowest BCUT2D eigenvalue weighted by Gasteiger charge is -2.03. The standard InChI is InChI=1S/C15H11NO4S/c16-7-12(5-10-1-2-13(17)14(18)6-10)15(19)20-8-11-3-4-21-9-11/h1-6,9,17-18H,8H2/b12-5+. The average Bonchev–Trinajstić information content (AvgIpc) is 2.99. The molecule has 0 aliphatic carbocycles. The van der Waals surface area contributed by atoms with E-state index >= 15 is 0 Å². The first-order valence-electron chi connectivity index (χ1n) is 5.92. The van der Waals surface area contributed by atoms with Crippen molar-refractivity contribution in [3.05, 3.63) is 51.7 Å². The third-order valence-electron chi connectivity index (χ3n) is 2.60. The minimum Gasteiger partial charge on any atom is -0.504 e. The van der Waals surface area contributed by atoms with E-state index in [1.54, 1.807) is 6.07 Å². The molecular formula is C15H11NO4S. The fraction of sp³-hybridized carbons (Fsp3) is 0.0667. The molecule has 5 nitrogen and oxygen atoms in total. The number of thiophene rings is 1. The van der Waals surface area contributed by atoms with Gasteiger partial charge in [-0.3, -0.25) is 0 Å². The Morgan fingerprint density at radius 2 is 2.14 bits per heavy atom. The van der Waals surface area contributed by atoms with Crippen molar-refractivity contribution >= 4 is 23.4 Å². The largest absolute Gasteiger partial charge is 0.504 e. The highest BCUT2D eigenvalue weighted by Crippen LogP contribution is 2.26. The van der Waals surface area contributed by atoms with Crippen LogP contribution < -0.4 is 0 Å². The lowest BCUT2D eigenvalue weighted by atomic mass is 10.1. The number of hydrogen-bond donors (Lipinski definition) is 2. The third-order valence-corrected chi connectivity index (χ3v) is 3.33. The van der Waals surface area contributed by atoms with Crippen molar-refractivity contribution in [2.45, 2.75) is 6.61 Å². The summed E-state index contributed by atoms with van der Waals surface area (Å²) in [4.78, 5) is 11.8. The van der Waals surface area contributed by atoms with Gasteiger partial charge >= 0.3 is 5.97 Å². The summed E-state index contributed by atoms with van der Waals surface area (Å²) in [5, 5.41) is 31.3. The molecular weight excluding hydrogens is 290 g/mol.